The number of piperazine rings is 1. The molecular formula is C23H26N6O2. The van der Waals surface area contributed by atoms with E-state index in [2.05, 4.69) is 49.4 Å². The summed E-state index contributed by atoms with van der Waals surface area (Å²) in [7, 11) is 0. The van der Waals surface area contributed by atoms with Gasteiger partial charge in [0, 0.05) is 45.3 Å². The fourth-order valence-electron chi connectivity index (χ4n) is 3.93. The standard InChI is InChI=1S/C23H26N6O2/c24-23-26-21(25-14-17-4-2-1-3-5-17)13-22(27-23)29-10-8-28(9-11-29)15-18-6-7-19-20(12-18)31-16-30-19/h1-7,12-13H,8-11,14-16H2,(H3,24,25,26,27). The lowest BCUT2D eigenvalue weighted by molar-refractivity contribution is 0.174. The number of aromatic nitrogens is 2. The van der Waals surface area contributed by atoms with Crippen molar-refractivity contribution in [2.45, 2.75) is 13.1 Å². The fraction of sp³-hybridized carbons (Fsp3) is 0.304. The first-order valence-corrected chi connectivity index (χ1v) is 10.5. The van der Waals surface area contributed by atoms with E-state index in [0.717, 1.165) is 55.9 Å². The summed E-state index contributed by atoms with van der Waals surface area (Å²) in [5.74, 6) is 3.56. The predicted octanol–water partition coefficient (Wildman–Crippen LogP) is 2.72. The average Bonchev–Trinajstić information content (AvgIpc) is 3.27. The molecule has 0 saturated carbocycles. The maximum Gasteiger partial charge on any atom is 0.231 e. The molecule has 0 spiro atoms. The van der Waals surface area contributed by atoms with Crippen LogP contribution in [-0.2, 0) is 13.1 Å². The number of hydrogen-bond donors (Lipinski definition) is 2. The monoisotopic (exact) mass is 418 g/mol. The lowest BCUT2D eigenvalue weighted by Crippen LogP contribution is -2.46. The highest BCUT2D eigenvalue weighted by molar-refractivity contribution is 5.53. The zero-order valence-corrected chi connectivity index (χ0v) is 17.3. The molecule has 2 aliphatic rings. The molecule has 0 amide bonds. The molecule has 160 valence electrons. The van der Waals surface area contributed by atoms with Crippen LogP contribution < -0.4 is 25.4 Å². The predicted molar refractivity (Wildman–Crippen MR) is 120 cm³/mol. The molecule has 31 heavy (non-hydrogen) atoms. The van der Waals surface area contributed by atoms with Gasteiger partial charge in [-0.2, -0.15) is 9.97 Å². The minimum Gasteiger partial charge on any atom is -0.454 e. The summed E-state index contributed by atoms with van der Waals surface area (Å²) >= 11 is 0. The Morgan fingerprint density at radius 3 is 2.52 bits per heavy atom. The van der Waals surface area contributed by atoms with Crippen LogP contribution in [0.3, 0.4) is 0 Å². The number of hydrogen-bond acceptors (Lipinski definition) is 8. The zero-order chi connectivity index (χ0) is 21.0. The van der Waals surface area contributed by atoms with Gasteiger partial charge in [-0.1, -0.05) is 36.4 Å². The molecule has 3 N–H and O–H groups in total. The van der Waals surface area contributed by atoms with Crippen molar-refractivity contribution in [2.75, 3.05) is 48.9 Å². The molecule has 0 radical (unpaired) electrons. The number of nitrogens with zero attached hydrogens (tertiary/aromatic N) is 4. The molecular weight excluding hydrogens is 392 g/mol. The van der Waals surface area contributed by atoms with E-state index in [-0.39, 0.29) is 5.95 Å². The highest BCUT2D eigenvalue weighted by Crippen LogP contribution is 2.33. The molecule has 1 saturated heterocycles. The Morgan fingerprint density at radius 1 is 0.871 bits per heavy atom. The van der Waals surface area contributed by atoms with Crippen LogP contribution in [0.5, 0.6) is 11.5 Å². The molecule has 2 aromatic carbocycles. The molecule has 0 atom stereocenters. The van der Waals surface area contributed by atoms with Crippen molar-refractivity contribution >= 4 is 17.6 Å². The Bertz CT molecular complexity index is 1040. The highest BCUT2D eigenvalue weighted by atomic mass is 16.7. The number of nitrogens with one attached hydrogen (secondary N) is 1. The summed E-state index contributed by atoms with van der Waals surface area (Å²) in [4.78, 5) is 13.5. The van der Waals surface area contributed by atoms with E-state index < -0.39 is 0 Å². The molecule has 5 rings (SSSR count). The number of fused-ring (bicyclic) bond motifs is 1. The third-order valence-electron chi connectivity index (χ3n) is 5.59. The molecule has 8 nitrogen and oxygen atoms in total. The Balaban J connectivity index is 1.18. The summed E-state index contributed by atoms with van der Waals surface area (Å²) in [6.45, 7) is 5.57. The van der Waals surface area contributed by atoms with Crippen molar-refractivity contribution in [3.8, 4) is 11.5 Å². The minimum atomic E-state index is 0.288. The Labute approximate surface area is 181 Å². The Hall–Kier alpha value is -3.52. The number of ether oxygens (including phenoxy) is 2. The van der Waals surface area contributed by atoms with Crippen molar-refractivity contribution in [3.63, 3.8) is 0 Å². The molecule has 0 unspecified atom stereocenters. The van der Waals surface area contributed by atoms with Crippen molar-refractivity contribution in [1.29, 1.82) is 0 Å². The van der Waals surface area contributed by atoms with E-state index in [1.54, 1.807) is 0 Å². The smallest absolute Gasteiger partial charge is 0.231 e. The summed E-state index contributed by atoms with van der Waals surface area (Å²) < 4.78 is 10.9. The van der Waals surface area contributed by atoms with E-state index in [4.69, 9.17) is 15.2 Å². The van der Waals surface area contributed by atoms with Crippen molar-refractivity contribution in [3.05, 3.63) is 65.7 Å². The molecule has 0 bridgehead atoms. The largest absolute Gasteiger partial charge is 0.454 e. The highest BCUT2D eigenvalue weighted by Gasteiger charge is 2.20. The summed E-state index contributed by atoms with van der Waals surface area (Å²) in [6, 6.07) is 18.4. The van der Waals surface area contributed by atoms with Gasteiger partial charge >= 0.3 is 0 Å². The topological polar surface area (TPSA) is 88.8 Å². The van der Waals surface area contributed by atoms with Gasteiger partial charge in [0.1, 0.15) is 11.6 Å². The summed E-state index contributed by atoms with van der Waals surface area (Å²) in [5, 5.41) is 3.35. The van der Waals surface area contributed by atoms with Crippen LogP contribution in [0.15, 0.2) is 54.6 Å². The van der Waals surface area contributed by atoms with Crippen LogP contribution in [0.4, 0.5) is 17.6 Å². The van der Waals surface area contributed by atoms with Gasteiger partial charge in [-0.3, -0.25) is 4.90 Å². The van der Waals surface area contributed by atoms with E-state index in [0.29, 0.717) is 13.3 Å². The molecule has 0 aliphatic carbocycles. The first-order valence-electron chi connectivity index (χ1n) is 10.5. The van der Waals surface area contributed by atoms with Gasteiger partial charge in [0.15, 0.2) is 11.5 Å². The first-order chi connectivity index (χ1) is 15.2. The van der Waals surface area contributed by atoms with Crippen LogP contribution in [0.25, 0.3) is 0 Å². The molecule has 1 fully saturated rings. The van der Waals surface area contributed by atoms with Gasteiger partial charge in [0.25, 0.3) is 0 Å². The third kappa shape index (κ3) is 4.64. The van der Waals surface area contributed by atoms with E-state index >= 15 is 0 Å². The molecule has 8 heteroatoms. The second kappa shape index (κ2) is 8.69. The summed E-state index contributed by atoms with van der Waals surface area (Å²) in [5.41, 5.74) is 8.41. The Kier molecular flexibility index (Phi) is 5.45. The van der Waals surface area contributed by atoms with Crippen molar-refractivity contribution in [2.24, 2.45) is 0 Å². The maximum atomic E-state index is 5.99. The van der Waals surface area contributed by atoms with E-state index in [1.165, 1.54) is 11.1 Å². The molecule has 3 aromatic rings. The second-order valence-corrected chi connectivity index (χ2v) is 7.76. The maximum absolute atomic E-state index is 5.99. The quantitative estimate of drug-likeness (QED) is 0.632. The first kappa shape index (κ1) is 19.4. The number of anilines is 3. The van der Waals surface area contributed by atoms with E-state index in [9.17, 15) is 0 Å². The van der Waals surface area contributed by atoms with Crippen molar-refractivity contribution in [1.82, 2.24) is 14.9 Å². The van der Waals surface area contributed by atoms with E-state index in [1.807, 2.05) is 30.3 Å². The minimum absolute atomic E-state index is 0.288. The van der Waals surface area contributed by atoms with Gasteiger partial charge < -0.3 is 25.4 Å². The summed E-state index contributed by atoms with van der Waals surface area (Å²) in [6.07, 6.45) is 0. The lowest BCUT2D eigenvalue weighted by atomic mass is 10.1. The van der Waals surface area contributed by atoms with Crippen LogP contribution in [-0.4, -0.2) is 47.8 Å². The number of nitrogen functional groups attached to an aromatic ring is 1. The number of nitrogens with two attached hydrogens (primary N) is 1. The van der Waals surface area contributed by atoms with Gasteiger partial charge in [0.2, 0.25) is 12.7 Å². The lowest BCUT2D eigenvalue weighted by Gasteiger charge is -2.35. The van der Waals surface area contributed by atoms with Crippen LogP contribution in [0, 0.1) is 0 Å². The molecule has 2 aliphatic heterocycles. The van der Waals surface area contributed by atoms with Crippen LogP contribution in [0.2, 0.25) is 0 Å². The van der Waals surface area contributed by atoms with Gasteiger partial charge in [-0.25, -0.2) is 0 Å². The SMILES string of the molecule is Nc1nc(NCc2ccccc2)cc(N2CCN(Cc3ccc4c(c3)OCO4)CC2)n1. The van der Waals surface area contributed by atoms with Gasteiger partial charge in [0.05, 0.1) is 0 Å². The van der Waals surface area contributed by atoms with Crippen molar-refractivity contribution < 1.29 is 9.47 Å². The second-order valence-electron chi connectivity index (χ2n) is 7.76. The van der Waals surface area contributed by atoms with Crippen LogP contribution in [0.1, 0.15) is 11.1 Å². The third-order valence-corrected chi connectivity index (χ3v) is 5.59. The Morgan fingerprint density at radius 2 is 1.68 bits per heavy atom. The zero-order valence-electron chi connectivity index (χ0n) is 17.3. The fourth-order valence-corrected chi connectivity index (χ4v) is 3.93. The normalized spacial score (nSPS) is 15.8. The molecule has 1 aromatic heterocycles. The van der Waals surface area contributed by atoms with Crippen LogP contribution >= 0.6 is 0 Å². The van der Waals surface area contributed by atoms with Gasteiger partial charge in [-0.15, -0.1) is 0 Å². The number of rotatable bonds is 6. The van der Waals surface area contributed by atoms with Gasteiger partial charge in [-0.05, 0) is 23.3 Å². The number of benzene rings is 2. The average molecular weight is 419 g/mol. The molecule has 3 heterocycles.